The second-order valence-electron chi connectivity index (χ2n) is 3.97. The molecule has 0 fully saturated rings. The average molecular weight is 270 g/mol. The SMILES string of the molecule is Cc1ccc(-c2cc(-c3cccs3)c(C#N)[nH]2)s1. The van der Waals surface area contributed by atoms with E-state index in [4.69, 9.17) is 0 Å². The number of hydrogen-bond acceptors (Lipinski definition) is 3. The standard InChI is InChI=1S/C14H10N2S2/c1-9-4-5-14(18-9)11-7-10(12(8-15)16-11)13-3-2-6-17-13/h2-7,16H,1H3. The van der Waals surface area contributed by atoms with Crippen molar-refractivity contribution in [3.63, 3.8) is 0 Å². The molecule has 0 radical (unpaired) electrons. The largest absolute Gasteiger partial charge is 0.345 e. The van der Waals surface area contributed by atoms with Crippen molar-refractivity contribution in [1.82, 2.24) is 4.98 Å². The van der Waals surface area contributed by atoms with Gasteiger partial charge in [-0.15, -0.1) is 22.7 Å². The highest BCUT2D eigenvalue weighted by molar-refractivity contribution is 7.15. The van der Waals surface area contributed by atoms with Crippen LogP contribution in [0.5, 0.6) is 0 Å². The van der Waals surface area contributed by atoms with E-state index in [9.17, 15) is 5.26 Å². The van der Waals surface area contributed by atoms with E-state index in [1.54, 1.807) is 22.7 Å². The van der Waals surface area contributed by atoms with Crippen molar-refractivity contribution in [2.75, 3.05) is 0 Å². The Kier molecular flexibility index (Phi) is 2.78. The maximum Gasteiger partial charge on any atom is 0.126 e. The molecule has 0 amide bonds. The quantitative estimate of drug-likeness (QED) is 0.723. The van der Waals surface area contributed by atoms with Crippen LogP contribution >= 0.6 is 22.7 Å². The molecule has 3 rings (SSSR count). The van der Waals surface area contributed by atoms with Gasteiger partial charge in [-0.25, -0.2) is 0 Å². The predicted octanol–water partition coefficient (Wildman–Crippen LogP) is 4.65. The van der Waals surface area contributed by atoms with Crippen LogP contribution in [-0.2, 0) is 0 Å². The van der Waals surface area contributed by atoms with E-state index in [0.29, 0.717) is 5.69 Å². The number of aryl methyl sites for hydroxylation is 1. The Morgan fingerprint density at radius 2 is 2.11 bits per heavy atom. The molecule has 0 spiro atoms. The number of aromatic nitrogens is 1. The Bertz CT molecular complexity index is 711. The zero-order chi connectivity index (χ0) is 12.5. The van der Waals surface area contributed by atoms with Gasteiger partial charge in [0.1, 0.15) is 11.8 Å². The van der Waals surface area contributed by atoms with Crippen LogP contribution in [0.25, 0.3) is 21.0 Å². The summed E-state index contributed by atoms with van der Waals surface area (Å²) in [7, 11) is 0. The van der Waals surface area contributed by atoms with Gasteiger partial charge in [-0.05, 0) is 36.6 Å². The Labute approximate surface area is 113 Å². The van der Waals surface area contributed by atoms with Crippen molar-refractivity contribution in [3.8, 4) is 27.1 Å². The molecule has 0 bridgehead atoms. The molecule has 3 aromatic heterocycles. The maximum atomic E-state index is 9.21. The van der Waals surface area contributed by atoms with E-state index in [1.165, 1.54) is 9.75 Å². The Hall–Kier alpha value is -1.83. The predicted molar refractivity (Wildman–Crippen MR) is 76.9 cm³/mol. The average Bonchev–Trinajstić information content (AvgIpc) is 3.07. The number of aromatic amines is 1. The molecule has 2 nitrogen and oxygen atoms in total. The molecule has 0 aliphatic heterocycles. The van der Waals surface area contributed by atoms with Crippen LogP contribution in [0.2, 0.25) is 0 Å². The van der Waals surface area contributed by atoms with Crippen molar-refractivity contribution in [3.05, 3.63) is 46.3 Å². The van der Waals surface area contributed by atoms with Crippen molar-refractivity contribution in [2.45, 2.75) is 6.92 Å². The second kappa shape index (κ2) is 4.45. The highest BCUT2D eigenvalue weighted by atomic mass is 32.1. The summed E-state index contributed by atoms with van der Waals surface area (Å²) in [5.74, 6) is 0. The third kappa shape index (κ3) is 1.88. The number of thiophene rings is 2. The summed E-state index contributed by atoms with van der Waals surface area (Å²) in [4.78, 5) is 6.78. The third-order valence-corrected chi connectivity index (χ3v) is 4.66. The van der Waals surface area contributed by atoms with Crippen molar-refractivity contribution in [2.24, 2.45) is 0 Å². The molecule has 0 atom stereocenters. The fourth-order valence-electron chi connectivity index (χ4n) is 1.88. The van der Waals surface area contributed by atoms with Crippen LogP contribution in [0.15, 0.2) is 35.7 Å². The fourth-order valence-corrected chi connectivity index (χ4v) is 3.47. The minimum atomic E-state index is 0.638. The number of nitrogens with zero attached hydrogens (tertiary/aromatic N) is 1. The van der Waals surface area contributed by atoms with Crippen LogP contribution in [-0.4, -0.2) is 4.98 Å². The van der Waals surface area contributed by atoms with E-state index >= 15 is 0 Å². The van der Waals surface area contributed by atoms with Gasteiger partial charge in [0.15, 0.2) is 0 Å². The number of H-pyrrole nitrogens is 1. The number of nitriles is 1. The molecule has 4 heteroatoms. The summed E-state index contributed by atoms with van der Waals surface area (Å²) in [6.07, 6.45) is 0. The highest BCUT2D eigenvalue weighted by Gasteiger charge is 2.12. The molecule has 3 heterocycles. The van der Waals surface area contributed by atoms with Crippen molar-refractivity contribution < 1.29 is 0 Å². The second-order valence-corrected chi connectivity index (χ2v) is 6.21. The molecule has 0 unspecified atom stereocenters. The Morgan fingerprint density at radius 1 is 1.22 bits per heavy atom. The van der Waals surface area contributed by atoms with Gasteiger partial charge >= 0.3 is 0 Å². The minimum Gasteiger partial charge on any atom is -0.345 e. The molecule has 0 aromatic carbocycles. The molecular weight excluding hydrogens is 260 g/mol. The number of nitrogens with one attached hydrogen (secondary N) is 1. The summed E-state index contributed by atoms with van der Waals surface area (Å²) in [5, 5.41) is 11.2. The first-order valence-electron chi connectivity index (χ1n) is 5.52. The lowest BCUT2D eigenvalue weighted by atomic mass is 10.2. The normalized spacial score (nSPS) is 10.4. The summed E-state index contributed by atoms with van der Waals surface area (Å²) in [6.45, 7) is 2.09. The van der Waals surface area contributed by atoms with E-state index in [2.05, 4.69) is 36.2 Å². The number of rotatable bonds is 2. The van der Waals surface area contributed by atoms with Crippen LogP contribution in [0.3, 0.4) is 0 Å². The molecule has 18 heavy (non-hydrogen) atoms. The Morgan fingerprint density at radius 3 is 2.72 bits per heavy atom. The van der Waals surface area contributed by atoms with Gasteiger partial charge in [-0.2, -0.15) is 5.26 Å². The lowest BCUT2D eigenvalue weighted by Gasteiger charge is -1.90. The molecule has 0 saturated heterocycles. The maximum absolute atomic E-state index is 9.21. The zero-order valence-corrected chi connectivity index (χ0v) is 11.4. The first-order chi connectivity index (χ1) is 8.78. The lowest BCUT2D eigenvalue weighted by Crippen LogP contribution is -1.76. The summed E-state index contributed by atoms with van der Waals surface area (Å²) in [5.41, 5.74) is 2.65. The summed E-state index contributed by atoms with van der Waals surface area (Å²) >= 11 is 3.38. The van der Waals surface area contributed by atoms with Crippen LogP contribution in [0.4, 0.5) is 0 Å². The van der Waals surface area contributed by atoms with Gasteiger partial charge in [0.05, 0.1) is 10.6 Å². The lowest BCUT2D eigenvalue weighted by molar-refractivity contribution is 1.34. The van der Waals surface area contributed by atoms with E-state index in [1.807, 2.05) is 17.5 Å². The van der Waals surface area contributed by atoms with Crippen LogP contribution < -0.4 is 0 Å². The molecular formula is C14H10N2S2. The topological polar surface area (TPSA) is 39.6 Å². The van der Waals surface area contributed by atoms with Gasteiger partial charge in [0.2, 0.25) is 0 Å². The van der Waals surface area contributed by atoms with Crippen LogP contribution in [0.1, 0.15) is 10.6 Å². The Balaban J connectivity index is 2.12. The molecule has 0 aliphatic carbocycles. The van der Waals surface area contributed by atoms with E-state index in [0.717, 1.165) is 16.1 Å². The molecule has 1 N–H and O–H groups in total. The third-order valence-electron chi connectivity index (χ3n) is 2.72. The fraction of sp³-hybridized carbons (Fsp3) is 0.0714. The van der Waals surface area contributed by atoms with Gasteiger partial charge in [-0.1, -0.05) is 6.07 Å². The molecule has 3 aromatic rings. The van der Waals surface area contributed by atoms with Crippen molar-refractivity contribution >= 4 is 22.7 Å². The first-order valence-corrected chi connectivity index (χ1v) is 7.21. The van der Waals surface area contributed by atoms with Gasteiger partial charge in [-0.3, -0.25) is 0 Å². The molecule has 0 saturated carbocycles. The molecule has 88 valence electrons. The van der Waals surface area contributed by atoms with Gasteiger partial charge in [0.25, 0.3) is 0 Å². The summed E-state index contributed by atoms with van der Waals surface area (Å²) in [6, 6.07) is 12.5. The van der Waals surface area contributed by atoms with E-state index in [-0.39, 0.29) is 0 Å². The van der Waals surface area contributed by atoms with Crippen LogP contribution in [0, 0.1) is 18.3 Å². The first kappa shape index (κ1) is 11.3. The minimum absolute atomic E-state index is 0.638. The number of hydrogen-bond donors (Lipinski definition) is 1. The molecule has 0 aliphatic rings. The summed E-state index contributed by atoms with van der Waals surface area (Å²) < 4.78 is 0. The van der Waals surface area contributed by atoms with Crippen molar-refractivity contribution in [1.29, 1.82) is 5.26 Å². The smallest absolute Gasteiger partial charge is 0.126 e. The van der Waals surface area contributed by atoms with Gasteiger partial charge < -0.3 is 4.98 Å². The monoisotopic (exact) mass is 270 g/mol. The zero-order valence-electron chi connectivity index (χ0n) is 9.73. The van der Waals surface area contributed by atoms with Gasteiger partial charge in [0, 0.05) is 15.3 Å². The highest BCUT2D eigenvalue weighted by Crippen LogP contribution is 2.34. The van der Waals surface area contributed by atoms with E-state index < -0.39 is 0 Å².